The lowest BCUT2D eigenvalue weighted by molar-refractivity contribution is -0.159. The predicted octanol–water partition coefficient (Wildman–Crippen LogP) is 3.81. The van der Waals surface area contributed by atoms with Gasteiger partial charge in [0.1, 0.15) is 0 Å². The minimum Gasteiger partial charge on any atom is -0.378 e. The van der Waals surface area contributed by atoms with Gasteiger partial charge in [0.15, 0.2) is 5.82 Å². The van der Waals surface area contributed by atoms with Crippen LogP contribution in [0.15, 0.2) is 53.7 Å². The van der Waals surface area contributed by atoms with Crippen molar-refractivity contribution in [3.05, 3.63) is 65.5 Å². The van der Waals surface area contributed by atoms with Crippen LogP contribution in [-0.4, -0.2) is 62.2 Å². The van der Waals surface area contributed by atoms with E-state index in [2.05, 4.69) is 29.6 Å². The number of amides is 1. The molecule has 0 radical (unpaired) electrons. The number of nitrogens with zero attached hydrogens (tertiary/aromatic N) is 7. The number of thiophene rings is 1. The van der Waals surface area contributed by atoms with Crippen molar-refractivity contribution in [1.29, 1.82) is 0 Å². The molecule has 5 heterocycles. The first-order valence-electron chi connectivity index (χ1n) is 10.7. The average Bonchev–Trinajstić information content (AvgIpc) is 3.58. The molecule has 14 heteroatoms. The van der Waals surface area contributed by atoms with Gasteiger partial charge in [-0.3, -0.25) is 14.8 Å². The Labute approximate surface area is 206 Å². The molecule has 0 saturated carbocycles. The smallest absolute Gasteiger partial charge is 0.378 e. The lowest BCUT2D eigenvalue weighted by Crippen LogP contribution is -2.40. The molecule has 1 fully saturated rings. The summed E-state index contributed by atoms with van der Waals surface area (Å²) >= 11 is 1.21. The molecule has 0 bridgehead atoms. The Kier molecular flexibility index (Phi) is 6.61. The molecule has 1 saturated heterocycles. The number of halogens is 3. The Morgan fingerprint density at radius 2 is 1.94 bits per heavy atom. The van der Waals surface area contributed by atoms with Crippen LogP contribution < -0.4 is 4.90 Å². The van der Waals surface area contributed by atoms with Crippen LogP contribution in [0.5, 0.6) is 0 Å². The van der Waals surface area contributed by atoms with Gasteiger partial charge >= 0.3 is 12.1 Å². The second-order valence-electron chi connectivity index (χ2n) is 7.67. The Morgan fingerprint density at radius 1 is 1.11 bits per heavy atom. The van der Waals surface area contributed by atoms with Crippen molar-refractivity contribution in [2.24, 2.45) is 0 Å². The summed E-state index contributed by atoms with van der Waals surface area (Å²) in [6, 6.07) is 5.10. The maximum atomic E-state index is 13.0. The summed E-state index contributed by atoms with van der Waals surface area (Å²) < 4.78 is 48.1. The molecule has 0 spiro atoms. The quantitative estimate of drug-likeness (QED) is 0.377. The first kappa shape index (κ1) is 23.8. The monoisotopic (exact) mass is 517 g/mol. The van der Waals surface area contributed by atoms with Gasteiger partial charge in [-0.1, -0.05) is 5.16 Å². The number of morpholine rings is 1. The maximum Gasteiger partial charge on any atom is 0.471 e. The number of aromatic nitrogens is 5. The molecule has 0 N–H and O–H groups in total. The highest BCUT2D eigenvalue weighted by Gasteiger charge is 2.38. The number of pyridine rings is 1. The van der Waals surface area contributed by atoms with Gasteiger partial charge < -0.3 is 19.1 Å². The second kappa shape index (κ2) is 9.99. The number of ether oxygens (including phenoxy) is 1. The van der Waals surface area contributed by atoms with Crippen LogP contribution in [0, 0.1) is 0 Å². The lowest BCUT2D eigenvalue weighted by Gasteiger charge is -2.27. The fraction of sp³-hybridized carbons (Fsp3) is 0.273. The molecule has 0 aromatic carbocycles. The molecule has 0 aliphatic carbocycles. The molecule has 4 aromatic rings. The van der Waals surface area contributed by atoms with Crippen molar-refractivity contribution in [3.8, 4) is 10.7 Å². The predicted molar refractivity (Wildman–Crippen MR) is 121 cm³/mol. The molecule has 5 rings (SSSR count). The van der Waals surface area contributed by atoms with Crippen LogP contribution in [0.2, 0.25) is 0 Å². The molecule has 1 amide bonds. The van der Waals surface area contributed by atoms with Gasteiger partial charge in [-0.2, -0.15) is 18.2 Å². The fourth-order valence-corrected chi connectivity index (χ4v) is 4.48. The van der Waals surface area contributed by atoms with Crippen molar-refractivity contribution in [2.75, 3.05) is 31.2 Å². The van der Waals surface area contributed by atoms with Crippen LogP contribution >= 0.6 is 11.3 Å². The number of hydrogen-bond donors (Lipinski definition) is 0. The highest BCUT2D eigenvalue weighted by molar-refractivity contribution is 7.15. The summed E-state index contributed by atoms with van der Waals surface area (Å²) in [5.74, 6) is -1.20. The van der Waals surface area contributed by atoms with E-state index in [1.807, 2.05) is 4.90 Å². The van der Waals surface area contributed by atoms with Crippen molar-refractivity contribution >= 4 is 28.7 Å². The van der Waals surface area contributed by atoms with E-state index in [0.717, 1.165) is 4.88 Å². The summed E-state index contributed by atoms with van der Waals surface area (Å²) in [7, 11) is 0. The zero-order valence-corrected chi connectivity index (χ0v) is 19.4. The van der Waals surface area contributed by atoms with Gasteiger partial charge in [0.25, 0.3) is 5.91 Å². The molecule has 0 unspecified atom stereocenters. The topological polar surface area (TPSA) is 110 Å². The summed E-state index contributed by atoms with van der Waals surface area (Å²) in [5.41, 5.74) is 1.02. The van der Waals surface area contributed by atoms with Crippen LogP contribution in [0.25, 0.3) is 10.7 Å². The van der Waals surface area contributed by atoms with E-state index in [1.54, 1.807) is 35.5 Å². The van der Waals surface area contributed by atoms with Crippen molar-refractivity contribution in [2.45, 2.75) is 12.7 Å². The molecule has 4 aromatic heterocycles. The van der Waals surface area contributed by atoms with Crippen molar-refractivity contribution in [1.82, 2.24) is 30.0 Å². The molecular formula is C22H18F3N7O3S. The second-order valence-corrected chi connectivity index (χ2v) is 8.84. The van der Waals surface area contributed by atoms with Crippen LogP contribution in [0.1, 0.15) is 21.1 Å². The zero-order valence-electron chi connectivity index (χ0n) is 18.6. The Balaban J connectivity index is 1.42. The molecule has 1 aliphatic heterocycles. The summed E-state index contributed by atoms with van der Waals surface area (Å²) in [6.07, 6.45) is 3.04. The van der Waals surface area contributed by atoms with Crippen LogP contribution in [0.3, 0.4) is 0 Å². The Bertz CT molecular complexity index is 1340. The number of carbonyl (C=O) groups is 1. The molecule has 10 nitrogen and oxygen atoms in total. The number of hydrogen-bond acceptors (Lipinski definition) is 10. The van der Waals surface area contributed by atoms with E-state index < -0.39 is 12.1 Å². The summed E-state index contributed by atoms with van der Waals surface area (Å²) in [5, 5.41) is 3.44. The first-order chi connectivity index (χ1) is 17.4. The minimum atomic E-state index is -4.72. The SMILES string of the molecule is O=C(c1cncc(N(Cc2ccc(-c3noc(C(F)(F)F)n3)s2)c2cnccn2)c1)N1CCOCC1. The van der Waals surface area contributed by atoms with E-state index in [0.29, 0.717) is 48.2 Å². The maximum absolute atomic E-state index is 13.0. The van der Waals surface area contributed by atoms with Gasteiger partial charge in [0.05, 0.1) is 48.3 Å². The van der Waals surface area contributed by atoms with Gasteiger partial charge in [-0.05, 0) is 18.2 Å². The number of anilines is 2. The van der Waals surface area contributed by atoms with Crippen molar-refractivity contribution < 1.29 is 27.2 Å². The van der Waals surface area contributed by atoms with Gasteiger partial charge in [0.2, 0.25) is 5.82 Å². The zero-order chi connectivity index (χ0) is 25.1. The third-order valence-corrected chi connectivity index (χ3v) is 6.34. The Hall–Kier alpha value is -3.91. The summed E-state index contributed by atoms with van der Waals surface area (Å²) in [4.78, 5) is 33.9. The van der Waals surface area contributed by atoms with Gasteiger partial charge in [0, 0.05) is 36.6 Å². The van der Waals surface area contributed by atoms with E-state index in [9.17, 15) is 18.0 Å². The lowest BCUT2D eigenvalue weighted by atomic mass is 10.2. The van der Waals surface area contributed by atoms with Crippen molar-refractivity contribution in [3.63, 3.8) is 0 Å². The molecule has 186 valence electrons. The first-order valence-corrected chi connectivity index (χ1v) is 11.6. The number of carbonyl (C=O) groups excluding carboxylic acids is 1. The minimum absolute atomic E-state index is 0.149. The third kappa shape index (κ3) is 5.18. The summed E-state index contributed by atoms with van der Waals surface area (Å²) in [6.45, 7) is 2.25. The molecule has 1 aliphatic rings. The normalized spacial score (nSPS) is 14.1. The van der Waals surface area contributed by atoms with E-state index in [-0.39, 0.29) is 18.3 Å². The van der Waals surface area contributed by atoms with Gasteiger partial charge in [-0.25, -0.2) is 4.98 Å². The Morgan fingerprint density at radius 3 is 2.67 bits per heavy atom. The van der Waals surface area contributed by atoms with E-state index in [4.69, 9.17) is 4.74 Å². The highest BCUT2D eigenvalue weighted by Crippen LogP contribution is 2.33. The third-order valence-electron chi connectivity index (χ3n) is 5.27. The van der Waals surface area contributed by atoms with Crippen LogP contribution in [-0.2, 0) is 17.5 Å². The largest absolute Gasteiger partial charge is 0.471 e. The molecule has 36 heavy (non-hydrogen) atoms. The fourth-order valence-electron chi connectivity index (χ4n) is 3.55. The number of alkyl halides is 3. The standard InChI is InChI=1S/C22H18F3N7O3S/c23-22(24,25)21-29-19(30-35-21)17-2-1-16(36-17)13-32(18-12-26-3-4-28-18)15-9-14(10-27-11-15)20(33)31-5-7-34-8-6-31/h1-4,9-12H,5-8,13H2. The molecular weight excluding hydrogens is 499 g/mol. The van der Waals surface area contributed by atoms with E-state index in [1.165, 1.54) is 29.9 Å². The van der Waals surface area contributed by atoms with E-state index >= 15 is 0 Å². The molecule has 0 atom stereocenters. The number of rotatable bonds is 6. The van der Waals surface area contributed by atoms with Crippen LogP contribution in [0.4, 0.5) is 24.7 Å². The highest BCUT2D eigenvalue weighted by atomic mass is 32.1. The average molecular weight is 517 g/mol. The van der Waals surface area contributed by atoms with Gasteiger partial charge in [-0.15, -0.1) is 11.3 Å².